The van der Waals surface area contributed by atoms with E-state index in [0.717, 1.165) is 0 Å². The smallest absolute Gasteiger partial charge is 0.270 e. The highest BCUT2D eigenvalue weighted by Crippen LogP contribution is 2.19. The van der Waals surface area contributed by atoms with Crippen LogP contribution in [0.15, 0.2) is 42.7 Å². The molecule has 3 heterocycles. The Hall–Kier alpha value is -2.80. The van der Waals surface area contributed by atoms with Gasteiger partial charge in [-0.25, -0.2) is 4.98 Å². The third kappa shape index (κ3) is 4.00. The number of carbonyl (C=O) groups is 2. The molecule has 0 aliphatic carbocycles. The number of Topliss-reactive ketones (excluding diaryl/α,β-unsaturated/α-hetero) is 1. The van der Waals surface area contributed by atoms with Gasteiger partial charge in [-0.05, 0) is 37.6 Å². The number of hydrogen-bond acceptors (Lipinski definition) is 6. The van der Waals surface area contributed by atoms with Crippen LogP contribution in [0.3, 0.4) is 0 Å². The fourth-order valence-electron chi connectivity index (χ4n) is 2.83. The molecule has 2 N–H and O–H groups in total. The quantitative estimate of drug-likeness (QED) is 0.808. The summed E-state index contributed by atoms with van der Waals surface area (Å²) in [6.45, 7) is 2.51. The van der Waals surface area contributed by atoms with E-state index >= 15 is 0 Å². The number of anilines is 1. The summed E-state index contributed by atoms with van der Waals surface area (Å²) in [4.78, 5) is 33.7. The van der Waals surface area contributed by atoms with Gasteiger partial charge in [0.25, 0.3) is 5.91 Å². The molecule has 0 spiro atoms. The number of carbonyl (C=O) groups excluding carboxylic acids is 2. The fourth-order valence-corrected chi connectivity index (χ4v) is 2.83. The molecule has 1 amide bonds. The Labute approximate surface area is 145 Å². The van der Waals surface area contributed by atoms with E-state index < -0.39 is 6.10 Å². The highest BCUT2D eigenvalue weighted by Gasteiger charge is 2.29. The van der Waals surface area contributed by atoms with Gasteiger partial charge in [0.1, 0.15) is 11.5 Å². The van der Waals surface area contributed by atoms with Crippen molar-refractivity contribution in [2.75, 3.05) is 18.0 Å². The number of pyridine rings is 2. The molecule has 1 aliphatic rings. The summed E-state index contributed by atoms with van der Waals surface area (Å²) in [7, 11) is 0. The first-order chi connectivity index (χ1) is 12.0. The number of ketones is 1. The monoisotopic (exact) mass is 340 g/mol. The third-order valence-electron chi connectivity index (χ3n) is 4.27. The standard InChI is InChI=1S/C18H20N4O3/c1-12(23)13-5-6-17(20-10-13)22-9-7-14(16(24)11-22)21-18(25)15-4-2-3-8-19-15/h2-6,8,10,14,16,24H,7,9,11H2,1H3,(H,21,25). The molecule has 7 heteroatoms. The second-order valence-corrected chi connectivity index (χ2v) is 6.06. The van der Waals surface area contributed by atoms with Crippen molar-refractivity contribution in [1.29, 1.82) is 0 Å². The van der Waals surface area contributed by atoms with Gasteiger partial charge in [0, 0.05) is 31.0 Å². The van der Waals surface area contributed by atoms with Crippen molar-refractivity contribution < 1.29 is 14.7 Å². The molecule has 2 atom stereocenters. The summed E-state index contributed by atoms with van der Waals surface area (Å²) in [6, 6.07) is 8.30. The van der Waals surface area contributed by atoms with Crippen LogP contribution >= 0.6 is 0 Å². The van der Waals surface area contributed by atoms with Crippen LogP contribution in [-0.4, -0.2) is 52.0 Å². The first-order valence-corrected chi connectivity index (χ1v) is 8.16. The highest BCUT2D eigenvalue weighted by atomic mass is 16.3. The van der Waals surface area contributed by atoms with Gasteiger partial charge in [-0.3, -0.25) is 14.6 Å². The van der Waals surface area contributed by atoms with Crippen molar-refractivity contribution in [2.45, 2.75) is 25.5 Å². The molecule has 1 aliphatic heterocycles. The fraction of sp³-hybridized carbons (Fsp3) is 0.333. The van der Waals surface area contributed by atoms with E-state index in [2.05, 4.69) is 15.3 Å². The molecule has 0 aromatic carbocycles. The molecule has 0 saturated carbocycles. The number of nitrogens with zero attached hydrogens (tertiary/aromatic N) is 3. The number of nitrogens with one attached hydrogen (secondary N) is 1. The van der Waals surface area contributed by atoms with Crippen LogP contribution in [0.4, 0.5) is 5.82 Å². The Kier molecular flexibility index (Phi) is 5.04. The molecule has 2 unspecified atom stereocenters. The number of β-amino-alcohol motifs (C(OH)–C–C–N with tert-alkyl or cyclic N) is 1. The zero-order valence-corrected chi connectivity index (χ0v) is 13.9. The number of amides is 1. The van der Waals surface area contributed by atoms with Crippen LogP contribution in [0.2, 0.25) is 0 Å². The van der Waals surface area contributed by atoms with E-state index in [1.807, 2.05) is 4.90 Å². The molecule has 1 saturated heterocycles. The summed E-state index contributed by atoms with van der Waals surface area (Å²) < 4.78 is 0. The lowest BCUT2D eigenvalue weighted by molar-refractivity contribution is 0.0793. The summed E-state index contributed by atoms with van der Waals surface area (Å²) in [5.74, 6) is 0.385. The van der Waals surface area contributed by atoms with Crippen molar-refractivity contribution in [2.24, 2.45) is 0 Å². The second kappa shape index (κ2) is 7.40. The SMILES string of the molecule is CC(=O)c1ccc(N2CCC(NC(=O)c3ccccn3)C(O)C2)nc1. The minimum atomic E-state index is -0.712. The zero-order chi connectivity index (χ0) is 17.8. The predicted molar refractivity (Wildman–Crippen MR) is 92.6 cm³/mol. The summed E-state index contributed by atoms with van der Waals surface area (Å²) in [5, 5.41) is 13.2. The largest absolute Gasteiger partial charge is 0.389 e. The van der Waals surface area contributed by atoms with Crippen LogP contribution in [0.25, 0.3) is 0 Å². The van der Waals surface area contributed by atoms with E-state index in [9.17, 15) is 14.7 Å². The van der Waals surface area contributed by atoms with Gasteiger partial charge < -0.3 is 15.3 Å². The average Bonchev–Trinajstić information content (AvgIpc) is 2.64. The molecule has 25 heavy (non-hydrogen) atoms. The molecule has 7 nitrogen and oxygen atoms in total. The van der Waals surface area contributed by atoms with Gasteiger partial charge in [-0.1, -0.05) is 6.07 Å². The maximum absolute atomic E-state index is 12.2. The van der Waals surface area contributed by atoms with Crippen molar-refractivity contribution in [3.8, 4) is 0 Å². The molecule has 2 aromatic rings. The van der Waals surface area contributed by atoms with E-state index in [1.54, 1.807) is 42.7 Å². The molecule has 0 bridgehead atoms. The minimum Gasteiger partial charge on any atom is -0.389 e. The number of aliphatic hydroxyl groups excluding tert-OH is 1. The average molecular weight is 340 g/mol. The molecule has 2 aromatic heterocycles. The Bertz CT molecular complexity index is 749. The number of aromatic nitrogens is 2. The lowest BCUT2D eigenvalue weighted by Crippen LogP contribution is -2.54. The van der Waals surface area contributed by atoms with E-state index in [4.69, 9.17) is 0 Å². The predicted octanol–water partition coefficient (Wildman–Crippen LogP) is 1.05. The van der Waals surface area contributed by atoms with E-state index in [-0.39, 0.29) is 17.7 Å². The van der Waals surface area contributed by atoms with Gasteiger partial charge in [-0.15, -0.1) is 0 Å². The highest BCUT2D eigenvalue weighted by molar-refractivity contribution is 5.94. The first kappa shape index (κ1) is 17.0. The third-order valence-corrected chi connectivity index (χ3v) is 4.27. The van der Waals surface area contributed by atoms with Gasteiger partial charge in [-0.2, -0.15) is 0 Å². The van der Waals surface area contributed by atoms with Crippen molar-refractivity contribution in [3.63, 3.8) is 0 Å². The molecule has 1 fully saturated rings. The van der Waals surface area contributed by atoms with E-state index in [0.29, 0.717) is 36.6 Å². The maximum Gasteiger partial charge on any atom is 0.270 e. The number of rotatable bonds is 4. The van der Waals surface area contributed by atoms with Crippen molar-refractivity contribution in [3.05, 3.63) is 54.0 Å². The van der Waals surface area contributed by atoms with Crippen LogP contribution in [0, 0.1) is 0 Å². The Morgan fingerprint density at radius 2 is 2.08 bits per heavy atom. The van der Waals surface area contributed by atoms with Crippen LogP contribution in [-0.2, 0) is 0 Å². The van der Waals surface area contributed by atoms with Crippen molar-refractivity contribution >= 4 is 17.5 Å². The first-order valence-electron chi connectivity index (χ1n) is 8.16. The molecular formula is C18H20N4O3. The van der Waals surface area contributed by atoms with Crippen LogP contribution in [0.5, 0.6) is 0 Å². The number of aliphatic hydroxyl groups is 1. The van der Waals surface area contributed by atoms with Crippen LogP contribution < -0.4 is 10.2 Å². The number of piperidine rings is 1. The molecule has 0 radical (unpaired) electrons. The van der Waals surface area contributed by atoms with Crippen LogP contribution in [0.1, 0.15) is 34.2 Å². The normalized spacial score (nSPS) is 20.2. The van der Waals surface area contributed by atoms with Gasteiger partial charge in [0.2, 0.25) is 0 Å². The van der Waals surface area contributed by atoms with Gasteiger partial charge >= 0.3 is 0 Å². The van der Waals surface area contributed by atoms with Gasteiger partial charge in [0.05, 0.1) is 12.1 Å². The number of hydrogen-bond donors (Lipinski definition) is 2. The Balaban J connectivity index is 1.60. The Morgan fingerprint density at radius 3 is 2.68 bits per heavy atom. The van der Waals surface area contributed by atoms with E-state index in [1.165, 1.54) is 6.92 Å². The zero-order valence-electron chi connectivity index (χ0n) is 13.9. The van der Waals surface area contributed by atoms with Crippen molar-refractivity contribution in [1.82, 2.24) is 15.3 Å². The molecular weight excluding hydrogens is 320 g/mol. The molecule has 3 rings (SSSR count). The lowest BCUT2D eigenvalue weighted by Gasteiger charge is -2.36. The molecule has 130 valence electrons. The lowest BCUT2D eigenvalue weighted by atomic mass is 10.0. The minimum absolute atomic E-state index is 0.0324. The summed E-state index contributed by atoms with van der Waals surface area (Å²) in [6.07, 6.45) is 2.98. The topological polar surface area (TPSA) is 95.4 Å². The summed E-state index contributed by atoms with van der Waals surface area (Å²) >= 11 is 0. The van der Waals surface area contributed by atoms with Gasteiger partial charge in [0.15, 0.2) is 5.78 Å². The summed E-state index contributed by atoms with van der Waals surface area (Å²) in [5.41, 5.74) is 0.889. The second-order valence-electron chi connectivity index (χ2n) is 6.06. The maximum atomic E-state index is 12.2. The Morgan fingerprint density at radius 1 is 1.24 bits per heavy atom.